The van der Waals surface area contributed by atoms with Crippen LogP contribution in [0.5, 0.6) is 0 Å². The quantitative estimate of drug-likeness (QED) is 0.644. The van der Waals surface area contributed by atoms with Crippen LogP contribution in [0.25, 0.3) is 0 Å². The lowest BCUT2D eigenvalue weighted by Crippen LogP contribution is -2.24. The van der Waals surface area contributed by atoms with Gasteiger partial charge < -0.3 is 19.7 Å². The first-order valence-electron chi connectivity index (χ1n) is 6.75. The van der Waals surface area contributed by atoms with Crippen LogP contribution in [0.4, 0.5) is 0 Å². The predicted octanol–water partition coefficient (Wildman–Crippen LogP) is 1.19. The van der Waals surface area contributed by atoms with Crippen molar-refractivity contribution in [2.75, 3.05) is 26.9 Å². The molecule has 6 nitrogen and oxygen atoms in total. The third-order valence-corrected chi connectivity index (χ3v) is 2.62. The minimum absolute atomic E-state index is 0.0752. The van der Waals surface area contributed by atoms with Gasteiger partial charge >= 0.3 is 0 Å². The van der Waals surface area contributed by atoms with Gasteiger partial charge in [-0.05, 0) is 12.3 Å². The molecular formula is C13H25N3O3. The van der Waals surface area contributed by atoms with Crippen molar-refractivity contribution in [1.82, 2.24) is 10.1 Å². The van der Waals surface area contributed by atoms with Crippen LogP contribution in [0, 0.1) is 5.92 Å². The standard InChI is InChI=1S/C13H25N3O3/c1-10(2)8-11(14)9-13-15-12(16-19-13)4-5-18-7-6-17-3/h10-11H,4-9,14H2,1-3H3. The maximum absolute atomic E-state index is 6.00. The van der Waals surface area contributed by atoms with Gasteiger partial charge in [0.2, 0.25) is 5.89 Å². The lowest BCUT2D eigenvalue weighted by Gasteiger charge is -2.10. The minimum atomic E-state index is 0.0752. The zero-order valence-corrected chi connectivity index (χ0v) is 12.1. The van der Waals surface area contributed by atoms with E-state index in [1.165, 1.54) is 0 Å². The van der Waals surface area contributed by atoms with Crippen molar-refractivity contribution in [3.63, 3.8) is 0 Å². The summed E-state index contributed by atoms with van der Waals surface area (Å²) in [6.45, 7) is 6.05. The Kier molecular flexibility index (Phi) is 7.62. The molecule has 0 saturated carbocycles. The largest absolute Gasteiger partial charge is 0.382 e. The summed E-state index contributed by atoms with van der Waals surface area (Å²) in [5.41, 5.74) is 6.00. The van der Waals surface area contributed by atoms with Crippen molar-refractivity contribution in [2.24, 2.45) is 11.7 Å². The summed E-state index contributed by atoms with van der Waals surface area (Å²) < 4.78 is 15.4. The highest BCUT2D eigenvalue weighted by Gasteiger charge is 2.12. The summed E-state index contributed by atoms with van der Waals surface area (Å²) in [6, 6.07) is 0.0752. The van der Waals surface area contributed by atoms with E-state index in [-0.39, 0.29) is 6.04 Å². The number of aromatic nitrogens is 2. The van der Waals surface area contributed by atoms with Crippen molar-refractivity contribution in [3.05, 3.63) is 11.7 Å². The van der Waals surface area contributed by atoms with E-state index in [2.05, 4.69) is 24.0 Å². The molecule has 0 bridgehead atoms. The SMILES string of the molecule is COCCOCCc1noc(CC(N)CC(C)C)n1. The Labute approximate surface area is 114 Å². The smallest absolute Gasteiger partial charge is 0.228 e. The van der Waals surface area contributed by atoms with E-state index in [0.717, 1.165) is 6.42 Å². The fourth-order valence-electron chi connectivity index (χ4n) is 1.80. The first-order chi connectivity index (χ1) is 9.11. The zero-order chi connectivity index (χ0) is 14.1. The molecule has 19 heavy (non-hydrogen) atoms. The highest BCUT2D eigenvalue weighted by atomic mass is 16.5. The fourth-order valence-corrected chi connectivity index (χ4v) is 1.80. The van der Waals surface area contributed by atoms with E-state index in [9.17, 15) is 0 Å². The molecule has 0 aliphatic heterocycles. The molecule has 0 radical (unpaired) electrons. The van der Waals surface area contributed by atoms with Crippen LogP contribution in [-0.4, -0.2) is 43.1 Å². The number of ether oxygens (including phenoxy) is 2. The van der Waals surface area contributed by atoms with Crippen molar-refractivity contribution in [1.29, 1.82) is 0 Å². The molecule has 1 unspecified atom stereocenters. The maximum atomic E-state index is 6.00. The van der Waals surface area contributed by atoms with Crippen LogP contribution in [0.3, 0.4) is 0 Å². The first kappa shape index (κ1) is 16.1. The van der Waals surface area contributed by atoms with Crippen LogP contribution in [-0.2, 0) is 22.3 Å². The number of hydrogen-bond donors (Lipinski definition) is 1. The van der Waals surface area contributed by atoms with Crippen molar-refractivity contribution >= 4 is 0 Å². The van der Waals surface area contributed by atoms with Gasteiger partial charge in [-0.15, -0.1) is 0 Å². The van der Waals surface area contributed by atoms with Gasteiger partial charge in [-0.1, -0.05) is 19.0 Å². The molecule has 0 saturated heterocycles. The van der Waals surface area contributed by atoms with Gasteiger partial charge in [0.25, 0.3) is 0 Å². The summed E-state index contributed by atoms with van der Waals surface area (Å²) in [6.07, 6.45) is 2.24. The van der Waals surface area contributed by atoms with E-state index in [1.54, 1.807) is 7.11 Å². The summed E-state index contributed by atoms with van der Waals surface area (Å²) in [4.78, 5) is 4.31. The molecular weight excluding hydrogens is 246 g/mol. The minimum Gasteiger partial charge on any atom is -0.382 e. The van der Waals surface area contributed by atoms with Gasteiger partial charge in [0.15, 0.2) is 5.82 Å². The molecule has 0 amide bonds. The Morgan fingerprint density at radius 3 is 2.74 bits per heavy atom. The van der Waals surface area contributed by atoms with Crippen molar-refractivity contribution in [3.8, 4) is 0 Å². The first-order valence-corrected chi connectivity index (χ1v) is 6.75. The Morgan fingerprint density at radius 1 is 1.26 bits per heavy atom. The number of methoxy groups -OCH3 is 1. The Balaban J connectivity index is 2.24. The predicted molar refractivity (Wildman–Crippen MR) is 71.8 cm³/mol. The van der Waals surface area contributed by atoms with Gasteiger partial charge in [0.1, 0.15) is 0 Å². The summed E-state index contributed by atoms with van der Waals surface area (Å²) in [5, 5.41) is 3.91. The van der Waals surface area contributed by atoms with Crippen LogP contribution < -0.4 is 5.73 Å². The average molecular weight is 271 g/mol. The Morgan fingerprint density at radius 2 is 2.05 bits per heavy atom. The van der Waals surface area contributed by atoms with E-state index >= 15 is 0 Å². The molecule has 1 rings (SSSR count). The van der Waals surface area contributed by atoms with Gasteiger partial charge in [-0.25, -0.2) is 0 Å². The second kappa shape index (κ2) is 9.01. The molecule has 0 aliphatic rings. The molecule has 1 heterocycles. The third-order valence-electron chi connectivity index (χ3n) is 2.62. The zero-order valence-electron chi connectivity index (χ0n) is 12.1. The summed E-state index contributed by atoms with van der Waals surface area (Å²) in [5.74, 6) is 1.86. The molecule has 1 aromatic rings. The number of nitrogens with zero attached hydrogens (tertiary/aromatic N) is 2. The second-order valence-electron chi connectivity index (χ2n) is 5.05. The van der Waals surface area contributed by atoms with Crippen molar-refractivity contribution < 1.29 is 14.0 Å². The lowest BCUT2D eigenvalue weighted by molar-refractivity contribution is 0.0714. The average Bonchev–Trinajstić information content (AvgIpc) is 2.75. The van der Waals surface area contributed by atoms with Crippen LogP contribution in [0.1, 0.15) is 32.0 Å². The van der Waals surface area contributed by atoms with Gasteiger partial charge in [-0.3, -0.25) is 0 Å². The van der Waals surface area contributed by atoms with Gasteiger partial charge in [-0.2, -0.15) is 4.98 Å². The number of hydrogen-bond acceptors (Lipinski definition) is 6. The second-order valence-corrected chi connectivity index (χ2v) is 5.05. The lowest BCUT2D eigenvalue weighted by atomic mass is 10.0. The van der Waals surface area contributed by atoms with E-state index < -0.39 is 0 Å². The van der Waals surface area contributed by atoms with Gasteiger partial charge in [0.05, 0.1) is 19.8 Å². The van der Waals surface area contributed by atoms with E-state index in [1.807, 2.05) is 0 Å². The maximum Gasteiger partial charge on any atom is 0.228 e. The van der Waals surface area contributed by atoms with E-state index in [0.29, 0.717) is 50.3 Å². The third kappa shape index (κ3) is 7.25. The molecule has 2 N–H and O–H groups in total. The molecule has 6 heteroatoms. The fraction of sp³-hybridized carbons (Fsp3) is 0.846. The van der Waals surface area contributed by atoms with Crippen LogP contribution in [0.15, 0.2) is 4.52 Å². The molecule has 0 aromatic carbocycles. The normalized spacial score (nSPS) is 13.1. The Hall–Kier alpha value is -0.980. The summed E-state index contributed by atoms with van der Waals surface area (Å²) >= 11 is 0. The number of rotatable bonds is 10. The monoisotopic (exact) mass is 271 g/mol. The van der Waals surface area contributed by atoms with Crippen LogP contribution in [0.2, 0.25) is 0 Å². The van der Waals surface area contributed by atoms with E-state index in [4.69, 9.17) is 19.7 Å². The Bertz CT molecular complexity index is 342. The molecule has 1 atom stereocenters. The highest BCUT2D eigenvalue weighted by molar-refractivity contribution is 4.89. The molecule has 0 spiro atoms. The molecule has 1 aromatic heterocycles. The van der Waals surface area contributed by atoms with Crippen LogP contribution >= 0.6 is 0 Å². The molecule has 0 aliphatic carbocycles. The number of nitrogens with two attached hydrogens (primary N) is 1. The van der Waals surface area contributed by atoms with Crippen molar-refractivity contribution in [2.45, 2.75) is 39.2 Å². The topological polar surface area (TPSA) is 83.4 Å². The summed E-state index contributed by atoms with van der Waals surface area (Å²) in [7, 11) is 1.65. The van der Waals surface area contributed by atoms with Gasteiger partial charge in [0, 0.05) is 26.0 Å². The molecule has 110 valence electrons. The molecule has 0 fully saturated rings. The highest BCUT2D eigenvalue weighted by Crippen LogP contribution is 2.08.